The number of rotatable bonds is 10. The van der Waals surface area contributed by atoms with Crippen molar-refractivity contribution in [3.63, 3.8) is 0 Å². The second kappa shape index (κ2) is 12.1. The van der Waals surface area contributed by atoms with Gasteiger partial charge in [-0.25, -0.2) is 9.36 Å². The number of carboxylic acid groups (broad SMARTS) is 2. The minimum atomic E-state index is -3.79. The van der Waals surface area contributed by atoms with Gasteiger partial charge in [-0.15, -0.1) is 0 Å². The summed E-state index contributed by atoms with van der Waals surface area (Å²) >= 11 is 0. The highest BCUT2D eigenvalue weighted by atomic mass is 31.2. The highest BCUT2D eigenvalue weighted by Gasteiger charge is 2.21. The Bertz CT molecular complexity index is 471. The summed E-state index contributed by atoms with van der Waals surface area (Å²) in [6.07, 6.45) is 0.266. The second-order valence-corrected chi connectivity index (χ2v) is 6.95. The fraction of sp³-hybridized carbons (Fsp3) is 0.692. The summed E-state index contributed by atoms with van der Waals surface area (Å²) in [4.78, 5) is 29.0. The fourth-order valence-corrected chi connectivity index (χ4v) is 1.85. The molecule has 0 aliphatic rings. The molecule has 0 rings (SSSR count). The minimum absolute atomic E-state index is 0.179. The third-order valence-corrected chi connectivity index (χ3v) is 3.35. The number of quaternary nitrogens is 1. The van der Waals surface area contributed by atoms with Crippen LogP contribution in [0.25, 0.3) is 0 Å². The molecule has 0 heterocycles. The molecule has 0 saturated heterocycles. The van der Waals surface area contributed by atoms with Crippen molar-refractivity contribution >= 4 is 19.8 Å². The Balaban J connectivity index is 0. The number of phosphoric acid groups is 1. The van der Waals surface area contributed by atoms with E-state index in [1.54, 1.807) is 6.92 Å². The fourth-order valence-electron chi connectivity index (χ4n) is 1.13. The van der Waals surface area contributed by atoms with Crippen LogP contribution >= 0.6 is 7.82 Å². The minimum Gasteiger partial charge on any atom is -0.545 e. The van der Waals surface area contributed by atoms with Gasteiger partial charge in [-0.05, 0) is 13.0 Å². The standard InChI is InChI=1S/C7H18NO4P.C6H8O5/c1-5-11-13(9,10)12-7-6-8(2,3)4;7-2-1-4(6(10)11)3-5(8)9/h5-7H2,1-4H3;3,7H,1-2H2,(H,8,9)(H,10,11)/b;4-3-. The molecular formula is C13H26NO9P. The summed E-state index contributed by atoms with van der Waals surface area (Å²) in [7, 11) is 2.15. The number of phosphoric ester groups is 1. The van der Waals surface area contributed by atoms with E-state index in [0.717, 1.165) is 0 Å². The number of carbonyl (C=O) groups excluding carboxylic acids is 1. The van der Waals surface area contributed by atoms with Crippen LogP contribution < -0.4 is 5.11 Å². The van der Waals surface area contributed by atoms with Crippen molar-refractivity contribution in [3.8, 4) is 0 Å². The first kappa shape index (κ1) is 25.0. The lowest BCUT2D eigenvalue weighted by molar-refractivity contribution is -0.870. The van der Waals surface area contributed by atoms with Gasteiger partial charge in [-0.3, -0.25) is 9.05 Å². The SMILES string of the molecule is CCOP(=O)(O)OCC[N+](C)(C)C.O=C([O-])/C=C(/CCO)C(=O)O. The lowest BCUT2D eigenvalue weighted by atomic mass is 10.2. The zero-order chi connectivity index (χ0) is 19.4. The Kier molecular flexibility index (Phi) is 12.6. The van der Waals surface area contributed by atoms with Crippen LogP contribution in [0.15, 0.2) is 11.6 Å². The molecule has 0 saturated carbocycles. The first-order valence-corrected chi connectivity index (χ1v) is 8.52. The molecular weight excluding hydrogens is 345 g/mol. The molecule has 11 heteroatoms. The zero-order valence-corrected chi connectivity index (χ0v) is 15.2. The van der Waals surface area contributed by atoms with E-state index >= 15 is 0 Å². The van der Waals surface area contributed by atoms with Crippen molar-refractivity contribution in [2.75, 3.05) is 47.5 Å². The van der Waals surface area contributed by atoms with E-state index in [2.05, 4.69) is 4.52 Å². The molecule has 0 aliphatic heterocycles. The third kappa shape index (κ3) is 17.1. The summed E-state index contributed by atoms with van der Waals surface area (Å²) in [6, 6.07) is 0. The molecule has 0 aromatic carbocycles. The Morgan fingerprint density at radius 3 is 2.12 bits per heavy atom. The predicted molar refractivity (Wildman–Crippen MR) is 82.7 cm³/mol. The molecule has 0 aromatic heterocycles. The number of aliphatic hydroxyl groups excluding tert-OH is 1. The maximum Gasteiger partial charge on any atom is 0.472 e. The predicted octanol–water partition coefficient (Wildman–Crippen LogP) is -1.02. The molecule has 0 aromatic rings. The first-order valence-electron chi connectivity index (χ1n) is 7.02. The van der Waals surface area contributed by atoms with Gasteiger partial charge in [0.15, 0.2) is 0 Å². The number of carboxylic acids is 2. The van der Waals surface area contributed by atoms with Crippen LogP contribution in [-0.2, 0) is 23.2 Å². The summed E-state index contributed by atoms with van der Waals surface area (Å²) in [5, 5.41) is 26.4. The van der Waals surface area contributed by atoms with Gasteiger partial charge < -0.3 is 29.5 Å². The molecule has 1 unspecified atom stereocenters. The number of aliphatic hydroxyl groups is 1. The maximum absolute atomic E-state index is 11.0. The largest absolute Gasteiger partial charge is 0.545 e. The van der Waals surface area contributed by atoms with Crippen molar-refractivity contribution in [3.05, 3.63) is 11.6 Å². The zero-order valence-electron chi connectivity index (χ0n) is 14.3. The summed E-state index contributed by atoms with van der Waals surface area (Å²) in [6.45, 7) is 2.31. The van der Waals surface area contributed by atoms with Crippen molar-refractivity contribution in [1.82, 2.24) is 0 Å². The molecule has 0 radical (unpaired) electrons. The van der Waals surface area contributed by atoms with E-state index in [0.29, 0.717) is 17.1 Å². The lowest BCUT2D eigenvalue weighted by Crippen LogP contribution is -2.37. The topological polar surface area (TPSA) is 153 Å². The van der Waals surface area contributed by atoms with Gasteiger partial charge in [0.25, 0.3) is 0 Å². The van der Waals surface area contributed by atoms with E-state index in [4.69, 9.17) is 19.6 Å². The van der Waals surface area contributed by atoms with Crippen LogP contribution in [0.1, 0.15) is 13.3 Å². The van der Waals surface area contributed by atoms with Gasteiger partial charge in [0.05, 0.1) is 33.7 Å². The molecule has 0 fully saturated rings. The normalized spacial score (nSPS) is 14.3. The first-order chi connectivity index (χ1) is 10.8. The van der Waals surface area contributed by atoms with Crippen molar-refractivity contribution in [1.29, 1.82) is 0 Å². The second-order valence-electron chi connectivity index (χ2n) is 5.50. The summed E-state index contributed by atoms with van der Waals surface area (Å²) in [5.74, 6) is -2.93. The average molecular weight is 371 g/mol. The van der Waals surface area contributed by atoms with Gasteiger partial charge >= 0.3 is 13.8 Å². The number of carbonyl (C=O) groups is 2. The molecule has 3 N–H and O–H groups in total. The van der Waals surface area contributed by atoms with Crippen LogP contribution in [0.2, 0.25) is 0 Å². The van der Waals surface area contributed by atoms with Crippen LogP contribution in [-0.4, -0.2) is 79.0 Å². The number of nitrogens with zero attached hydrogens (tertiary/aromatic N) is 1. The van der Waals surface area contributed by atoms with E-state index in [1.165, 1.54) is 0 Å². The van der Waals surface area contributed by atoms with Gasteiger partial charge in [0, 0.05) is 18.6 Å². The van der Waals surface area contributed by atoms with E-state index in [1.807, 2.05) is 21.1 Å². The Morgan fingerprint density at radius 2 is 1.79 bits per heavy atom. The van der Waals surface area contributed by atoms with Crippen molar-refractivity contribution in [2.45, 2.75) is 13.3 Å². The Labute approximate surface area is 141 Å². The van der Waals surface area contributed by atoms with E-state index in [-0.39, 0.29) is 25.2 Å². The lowest BCUT2D eigenvalue weighted by Gasteiger charge is -2.23. The molecule has 0 spiro atoms. The van der Waals surface area contributed by atoms with E-state index in [9.17, 15) is 19.3 Å². The highest BCUT2D eigenvalue weighted by molar-refractivity contribution is 7.47. The molecule has 1 atom stereocenters. The number of aliphatic carboxylic acids is 2. The number of likely N-dealkylation sites (N-methyl/N-ethyl adjacent to an activating group) is 1. The quantitative estimate of drug-likeness (QED) is 0.249. The van der Waals surface area contributed by atoms with Crippen molar-refractivity contribution in [2.24, 2.45) is 0 Å². The van der Waals surface area contributed by atoms with Gasteiger partial charge in [-0.2, -0.15) is 0 Å². The Hall–Kier alpha value is -1.29. The molecule has 0 amide bonds. The highest BCUT2D eigenvalue weighted by Crippen LogP contribution is 2.42. The maximum atomic E-state index is 11.0. The molecule has 0 aliphatic carbocycles. The van der Waals surface area contributed by atoms with Crippen molar-refractivity contribution < 1.29 is 47.9 Å². The average Bonchev–Trinajstić information content (AvgIpc) is 2.36. The smallest absolute Gasteiger partial charge is 0.472 e. The van der Waals surface area contributed by atoms with Crippen LogP contribution in [0.3, 0.4) is 0 Å². The van der Waals surface area contributed by atoms with E-state index < -0.39 is 26.4 Å². The molecule has 10 nitrogen and oxygen atoms in total. The van der Waals surface area contributed by atoms with Gasteiger partial charge in [-0.1, -0.05) is 0 Å². The molecule has 24 heavy (non-hydrogen) atoms. The molecule has 142 valence electrons. The third-order valence-electron chi connectivity index (χ3n) is 2.26. The summed E-state index contributed by atoms with van der Waals surface area (Å²) < 4.78 is 20.9. The number of hydrogen-bond acceptors (Lipinski definition) is 7. The Morgan fingerprint density at radius 1 is 1.25 bits per heavy atom. The van der Waals surface area contributed by atoms with Gasteiger partial charge in [0.2, 0.25) is 0 Å². The monoisotopic (exact) mass is 371 g/mol. The summed E-state index contributed by atoms with van der Waals surface area (Å²) in [5.41, 5.74) is -0.368. The van der Waals surface area contributed by atoms with Crippen LogP contribution in [0, 0.1) is 0 Å². The van der Waals surface area contributed by atoms with Crippen LogP contribution in [0.4, 0.5) is 0 Å². The van der Waals surface area contributed by atoms with Crippen LogP contribution in [0.5, 0.6) is 0 Å². The van der Waals surface area contributed by atoms with Gasteiger partial charge in [0.1, 0.15) is 13.2 Å². The number of hydrogen-bond donors (Lipinski definition) is 3. The molecule has 0 bridgehead atoms.